The first-order chi connectivity index (χ1) is 7.50. The second-order valence-electron chi connectivity index (χ2n) is 3.25. The molecule has 2 aromatic rings. The number of aromatic amines is 1. The lowest BCUT2D eigenvalue weighted by Gasteiger charge is -1.97. The predicted octanol–water partition coefficient (Wildman–Crippen LogP) is 1.47. The van der Waals surface area contributed by atoms with Crippen molar-refractivity contribution in [2.75, 3.05) is 0 Å². The van der Waals surface area contributed by atoms with E-state index in [2.05, 4.69) is 4.98 Å². The fraction of sp³-hybridized carbons (Fsp3) is 0. The molecule has 0 unspecified atom stereocenters. The van der Waals surface area contributed by atoms with Crippen molar-refractivity contribution in [2.45, 2.75) is 4.90 Å². The van der Waals surface area contributed by atoms with Crippen LogP contribution < -0.4 is 5.14 Å². The number of nitrogens with two attached hydrogens (primary N) is 1. The van der Waals surface area contributed by atoms with Crippen molar-refractivity contribution in [2.24, 2.45) is 5.14 Å². The van der Waals surface area contributed by atoms with Crippen LogP contribution in [0.4, 0.5) is 4.39 Å². The molecular weight excluding hydrogens is 231 g/mol. The minimum absolute atomic E-state index is 0.115. The molecule has 84 valence electrons. The van der Waals surface area contributed by atoms with E-state index in [0.717, 1.165) is 6.20 Å². The SMILES string of the molecule is NS(=O)(=O)c1c[nH]c(-c2ccccc2)c1F. The van der Waals surface area contributed by atoms with E-state index >= 15 is 0 Å². The van der Waals surface area contributed by atoms with Gasteiger partial charge in [0.2, 0.25) is 10.0 Å². The molecule has 2 rings (SSSR count). The summed E-state index contributed by atoms with van der Waals surface area (Å²) in [6, 6.07) is 8.58. The monoisotopic (exact) mass is 240 g/mol. The molecule has 0 aliphatic heterocycles. The average molecular weight is 240 g/mol. The third-order valence-electron chi connectivity index (χ3n) is 2.15. The van der Waals surface area contributed by atoms with Crippen LogP contribution in [-0.2, 0) is 10.0 Å². The van der Waals surface area contributed by atoms with Gasteiger partial charge < -0.3 is 4.98 Å². The maximum Gasteiger partial charge on any atom is 0.242 e. The summed E-state index contributed by atoms with van der Waals surface area (Å²) in [4.78, 5) is 2.04. The van der Waals surface area contributed by atoms with E-state index in [1.165, 1.54) is 0 Å². The molecule has 0 saturated carbocycles. The Bertz CT molecular complexity index is 605. The Morgan fingerprint density at radius 2 is 1.81 bits per heavy atom. The normalized spacial score (nSPS) is 11.6. The number of hydrogen-bond acceptors (Lipinski definition) is 2. The van der Waals surface area contributed by atoms with Gasteiger partial charge in [0, 0.05) is 11.8 Å². The van der Waals surface area contributed by atoms with Crippen LogP contribution in [0.3, 0.4) is 0 Å². The molecule has 1 aromatic carbocycles. The summed E-state index contributed by atoms with van der Waals surface area (Å²) in [5.74, 6) is -0.853. The summed E-state index contributed by atoms with van der Waals surface area (Å²) in [6.07, 6.45) is 1.05. The number of primary sulfonamides is 1. The molecule has 0 amide bonds. The van der Waals surface area contributed by atoms with Gasteiger partial charge in [-0.15, -0.1) is 0 Å². The van der Waals surface area contributed by atoms with Crippen LogP contribution in [0.1, 0.15) is 0 Å². The van der Waals surface area contributed by atoms with Crippen LogP contribution in [-0.4, -0.2) is 13.4 Å². The largest absolute Gasteiger partial charge is 0.357 e. The zero-order valence-electron chi connectivity index (χ0n) is 8.14. The average Bonchev–Trinajstić information content (AvgIpc) is 2.61. The summed E-state index contributed by atoms with van der Waals surface area (Å²) < 4.78 is 35.8. The number of benzene rings is 1. The van der Waals surface area contributed by atoms with Gasteiger partial charge in [0.1, 0.15) is 4.90 Å². The van der Waals surface area contributed by atoms with Gasteiger partial charge in [-0.1, -0.05) is 30.3 Å². The van der Waals surface area contributed by atoms with Gasteiger partial charge in [-0.25, -0.2) is 17.9 Å². The lowest BCUT2D eigenvalue weighted by atomic mass is 10.1. The lowest BCUT2D eigenvalue weighted by Crippen LogP contribution is -2.12. The van der Waals surface area contributed by atoms with Crippen LogP contribution >= 0.6 is 0 Å². The second-order valence-corrected chi connectivity index (χ2v) is 4.78. The standard InChI is InChI=1S/C10H9FN2O2S/c11-9-8(16(12,14)15)6-13-10(9)7-4-2-1-3-5-7/h1-6,13H,(H2,12,14,15). The highest BCUT2D eigenvalue weighted by Gasteiger charge is 2.20. The summed E-state index contributed by atoms with van der Waals surface area (Å²) in [5.41, 5.74) is 0.680. The van der Waals surface area contributed by atoms with E-state index in [0.29, 0.717) is 5.56 Å². The predicted molar refractivity (Wildman–Crippen MR) is 57.6 cm³/mol. The number of halogens is 1. The topological polar surface area (TPSA) is 76.0 Å². The van der Waals surface area contributed by atoms with Crippen molar-refractivity contribution in [1.82, 2.24) is 4.98 Å². The van der Waals surface area contributed by atoms with E-state index in [-0.39, 0.29) is 5.69 Å². The molecular formula is C10H9FN2O2S. The third kappa shape index (κ3) is 1.84. The molecule has 0 aliphatic rings. The summed E-state index contributed by atoms with van der Waals surface area (Å²) >= 11 is 0. The number of H-pyrrole nitrogens is 1. The number of sulfonamides is 1. The highest BCUT2D eigenvalue weighted by molar-refractivity contribution is 7.89. The van der Waals surface area contributed by atoms with E-state index < -0.39 is 20.7 Å². The molecule has 6 heteroatoms. The van der Waals surface area contributed by atoms with Gasteiger partial charge in [0.15, 0.2) is 5.82 Å². The quantitative estimate of drug-likeness (QED) is 0.833. The number of hydrogen-bond donors (Lipinski definition) is 2. The Balaban J connectivity index is 2.59. The van der Waals surface area contributed by atoms with Crippen LogP contribution in [0.5, 0.6) is 0 Å². The van der Waals surface area contributed by atoms with E-state index in [9.17, 15) is 12.8 Å². The fourth-order valence-corrected chi connectivity index (χ4v) is 1.98. The lowest BCUT2D eigenvalue weighted by molar-refractivity contribution is 0.573. The van der Waals surface area contributed by atoms with E-state index in [1.54, 1.807) is 30.3 Å². The van der Waals surface area contributed by atoms with Crippen molar-refractivity contribution in [3.05, 3.63) is 42.3 Å². The fourth-order valence-electron chi connectivity index (χ4n) is 1.41. The van der Waals surface area contributed by atoms with Gasteiger partial charge in [-0.3, -0.25) is 0 Å². The Kier molecular flexibility index (Phi) is 2.53. The molecule has 0 saturated heterocycles. The van der Waals surface area contributed by atoms with E-state index in [4.69, 9.17) is 5.14 Å². The number of nitrogens with one attached hydrogen (secondary N) is 1. The van der Waals surface area contributed by atoms with Gasteiger partial charge in [-0.05, 0) is 0 Å². The highest BCUT2D eigenvalue weighted by Crippen LogP contribution is 2.25. The maximum absolute atomic E-state index is 13.7. The molecule has 1 aromatic heterocycles. The molecule has 0 aliphatic carbocycles. The molecule has 0 bridgehead atoms. The Morgan fingerprint density at radius 1 is 1.19 bits per heavy atom. The Labute approximate surface area is 92.0 Å². The maximum atomic E-state index is 13.7. The summed E-state index contributed by atoms with van der Waals surface area (Å²) in [5, 5.41) is 4.86. The summed E-state index contributed by atoms with van der Waals surface area (Å²) in [6.45, 7) is 0. The van der Waals surface area contributed by atoms with Gasteiger partial charge >= 0.3 is 0 Å². The molecule has 3 N–H and O–H groups in total. The van der Waals surface area contributed by atoms with Crippen molar-refractivity contribution < 1.29 is 12.8 Å². The first-order valence-corrected chi connectivity index (χ1v) is 6.00. The first kappa shape index (κ1) is 10.8. The Morgan fingerprint density at radius 3 is 2.31 bits per heavy atom. The minimum Gasteiger partial charge on any atom is -0.357 e. The van der Waals surface area contributed by atoms with Gasteiger partial charge in [0.25, 0.3) is 0 Å². The highest BCUT2D eigenvalue weighted by atomic mass is 32.2. The number of rotatable bonds is 2. The minimum atomic E-state index is -4.03. The van der Waals surface area contributed by atoms with Crippen molar-refractivity contribution >= 4 is 10.0 Å². The molecule has 0 radical (unpaired) electrons. The molecule has 0 spiro atoms. The molecule has 1 heterocycles. The second kappa shape index (κ2) is 3.73. The first-order valence-electron chi connectivity index (χ1n) is 4.45. The Hall–Kier alpha value is -1.66. The van der Waals surface area contributed by atoms with Gasteiger partial charge in [0.05, 0.1) is 5.69 Å². The molecule has 0 atom stereocenters. The molecule has 16 heavy (non-hydrogen) atoms. The molecule has 4 nitrogen and oxygen atoms in total. The zero-order chi connectivity index (χ0) is 11.8. The van der Waals surface area contributed by atoms with Crippen LogP contribution in [0.25, 0.3) is 11.3 Å². The summed E-state index contributed by atoms with van der Waals surface area (Å²) in [7, 11) is -4.03. The van der Waals surface area contributed by atoms with E-state index in [1.807, 2.05) is 0 Å². The van der Waals surface area contributed by atoms with Crippen LogP contribution in [0.15, 0.2) is 41.4 Å². The van der Waals surface area contributed by atoms with Crippen molar-refractivity contribution in [3.8, 4) is 11.3 Å². The van der Waals surface area contributed by atoms with Crippen molar-refractivity contribution in [3.63, 3.8) is 0 Å². The van der Waals surface area contributed by atoms with Crippen LogP contribution in [0, 0.1) is 5.82 Å². The molecule has 0 fully saturated rings. The zero-order valence-corrected chi connectivity index (χ0v) is 8.96. The smallest absolute Gasteiger partial charge is 0.242 e. The number of aromatic nitrogens is 1. The van der Waals surface area contributed by atoms with Gasteiger partial charge in [-0.2, -0.15) is 0 Å². The van der Waals surface area contributed by atoms with Crippen LogP contribution in [0.2, 0.25) is 0 Å². The third-order valence-corrected chi connectivity index (χ3v) is 3.06. The van der Waals surface area contributed by atoms with Crippen molar-refractivity contribution in [1.29, 1.82) is 0 Å².